The molecule has 1 unspecified atom stereocenters. The molecule has 0 saturated heterocycles. The van der Waals surface area contributed by atoms with Crippen LogP contribution in [0.2, 0.25) is 0 Å². The van der Waals surface area contributed by atoms with Crippen molar-refractivity contribution in [3.05, 3.63) is 47.6 Å². The van der Waals surface area contributed by atoms with Crippen LogP contribution >= 0.6 is 0 Å². The zero-order valence-corrected chi connectivity index (χ0v) is 13.4. The monoisotopic (exact) mass is 351 g/mol. The molecule has 0 bridgehead atoms. The number of nitrogens with one attached hydrogen (secondary N) is 1. The number of hydroxylamine groups is 1. The summed E-state index contributed by atoms with van der Waals surface area (Å²) < 4.78 is 1.68. The number of carbonyl (C=O) groups excluding carboxylic acids is 1. The van der Waals surface area contributed by atoms with E-state index in [4.69, 9.17) is 0 Å². The van der Waals surface area contributed by atoms with E-state index < -0.39 is 0 Å². The van der Waals surface area contributed by atoms with Crippen molar-refractivity contribution in [2.75, 3.05) is 0 Å². The van der Waals surface area contributed by atoms with Crippen LogP contribution in [-0.4, -0.2) is 48.2 Å². The molecule has 0 fully saturated rings. The standard InChI is InChI=1S/C14H15N4O2Se/c1-10(2)17(20)9-18(13-7-15-8-16-13)14(19)11-5-3-4-6-12(11)21-18/h3-10H,1-2H3,(H,15,16)/q+1. The van der Waals surface area contributed by atoms with Crippen LogP contribution in [0.3, 0.4) is 0 Å². The molecule has 0 spiro atoms. The molecular weight excluding hydrogens is 335 g/mol. The number of nitrogens with zero attached hydrogens (tertiary/aromatic N) is 3. The summed E-state index contributed by atoms with van der Waals surface area (Å²) in [5.74, 6) is 0.455. The summed E-state index contributed by atoms with van der Waals surface area (Å²) in [7, 11) is 0. The number of imidazole rings is 1. The van der Waals surface area contributed by atoms with Crippen molar-refractivity contribution in [3.8, 4) is 0 Å². The van der Waals surface area contributed by atoms with Gasteiger partial charge in [0.05, 0.1) is 0 Å². The molecule has 1 amide bonds. The van der Waals surface area contributed by atoms with E-state index >= 15 is 0 Å². The Hall–Kier alpha value is -1.95. The second-order valence-corrected chi connectivity index (χ2v) is 7.56. The SMILES string of the molecule is CC(C)[N+]([O-])=C[N+]1(c2c[nH]cn2)[Se]c2ccccc2C1=O. The Balaban J connectivity index is 2.18. The second kappa shape index (κ2) is 5.11. The minimum atomic E-state index is -0.263. The Morgan fingerprint density at radius 1 is 1.43 bits per heavy atom. The zero-order chi connectivity index (χ0) is 15.0. The summed E-state index contributed by atoms with van der Waals surface area (Å²) in [4.78, 5) is 20.0. The predicted molar refractivity (Wildman–Crippen MR) is 81.4 cm³/mol. The van der Waals surface area contributed by atoms with Gasteiger partial charge in [-0.2, -0.15) is 0 Å². The number of hydrogen-bond donors (Lipinski definition) is 1. The third kappa shape index (κ3) is 2.19. The van der Waals surface area contributed by atoms with Crippen LogP contribution in [0, 0.1) is 5.21 Å². The molecule has 1 aromatic heterocycles. The van der Waals surface area contributed by atoms with Gasteiger partial charge in [0.1, 0.15) is 0 Å². The molecule has 6 nitrogen and oxygen atoms in total. The molecule has 21 heavy (non-hydrogen) atoms. The first-order valence-electron chi connectivity index (χ1n) is 6.58. The van der Waals surface area contributed by atoms with Gasteiger partial charge in [-0.1, -0.05) is 0 Å². The van der Waals surface area contributed by atoms with Gasteiger partial charge in [-0.05, 0) is 0 Å². The molecule has 0 saturated carbocycles. The van der Waals surface area contributed by atoms with Crippen LogP contribution in [0.5, 0.6) is 0 Å². The van der Waals surface area contributed by atoms with Crippen molar-refractivity contribution in [2.45, 2.75) is 19.9 Å². The molecule has 0 radical (unpaired) electrons. The molecule has 7 heteroatoms. The van der Waals surface area contributed by atoms with Crippen molar-refractivity contribution in [2.24, 2.45) is 0 Å². The summed E-state index contributed by atoms with van der Waals surface area (Å²) >= 11 is -0.263. The Kier molecular flexibility index (Phi) is 3.41. The van der Waals surface area contributed by atoms with Crippen LogP contribution in [-0.2, 0) is 0 Å². The number of carbonyl (C=O) groups is 1. The molecule has 1 aliphatic heterocycles. The minimum absolute atomic E-state index is 0.0980. The van der Waals surface area contributed by atoms with Gasteiger partial charge in [0.25, 0.3) is 0 Å². The van der Waals surface area contributed by atoms with Crippen LogP contribution in [0.4, 0.5) is 5.82 Å². The van der Waals surface area contributed by atoms with Crippen LogP contribution < -0.4 is 7.96 Å². The van der Waals surface area contributed by atoms with Gasteiger partial charge in [-0.15, -0.1) is 0 Å². The number of H-pyrrole nitrogens is 1. The molecule has 2 heterocycles. The maximum absolute atomic E-state index is 12.9. The number of quaternary nitrogens is 1. The molecule has 2 aromatic rings. The van der Waals surface area contributed by atoms with Crippen LogP contribution in [0.25, 0.3) is 0 Å². The third-order valence-electron chi connectivity index (χ3n) is 3.27. The van der Waals surface area contributed by atoms with Crippen LogP contribution in [0.15, 0.2) is 36.8 Å². The van der Waals surface area contributed by atoms with Gasteiger partial charge >= 0.3 is 128 Å². The molecule has 108 valence electrons. The third-order valence-corrected chi connectivity index (χ3v) is 5.97. The Morgan fingerprint density at radius 2 is 2.19 bits per heavy atom. The molecule has 1 aliphatic rings. The number of fused-ring (bicyclic) bond motifs is 1. The predicted octanol–water partition coefficient (Wildman–Crippen LogP) is 0.762. The Morgan fingerprint density at radius 3 is 2.81 bits per heavy atom. The van der Waals surface area contributed by atoms with E-state index in [1.807, 2.05) is 24.3 Å². The fourth-order valence-corrected chi connectivity index (χ4v) is 4.67. The summed E-state index contributed by atoms with van der Waals surface area (Å²) in [6.45, 7) is 3.59. The van der Waals surface area contributed by atoms with E-state index in [2.05, 4.69) is 9.97 Å². The van der Waals surface area contributed by atoms with E-state index in [0.717, 1.165) is 9.20 Å². The van der Waals surface area contributed by atoms with Crippen molar-refractivity contribution in [1.29, 1.82) is 0 Å². The van der Waals surface area contributed by atoms with Crippen molar-refractivity contribution < 1.29 is 9.53 Å². The normalized spacial score (nSPS) is 21.9. The average Bonchev–Trinajstić information content (AvgIpc) is 3.08. The average molecular weight is 350 g/mol. The van der Waals surface area contributed by atoms with E-state index in [1.54, 1.807) is 20.0 Å². The molecule has 3 rings (SSSR count). The molecular formula is C14H15N4O2Se+. The van der Waals surface area contributed by atoms with E-state index in [-0.39, 0.29) is 30.6 Å². The van der Waals surface area contributed by atoms with Gasteiger partial charge in [-0.3, -0.25) is 0 Å². The summed E-state index contributed by atoms with van der Waals surface area (Å²) in [5, 5.41) is 12.2. The molecule has 0 aliphatic carbocycles. The van der Waals surface area contributed by atoms with Gasteiger partial charge in [0.15, 0.2) is 0 Å². The van der Waals surface area contributed by atoms with Crippen molar-refractivity contribution in [1.82, 2.24) is 13.5 Å². The molecule has 1 atom stereocenters. The first kappa shape index (κ1) is 14.0. The number of amides is 1. The first-order chi connectivity index (χ1) is 10.0. The zero-order valence-electron chi connectivity index (χ0n) is 11.7. The van der Waals surface area contributed by atoms with Gasteiger partial charge in [0, 0.05) is 0 Å². The second-order valence-electron chi connectivity index (χ2n) is 5.05. The number of benzene rings is 1. The van der Waals surface area contributed by atoms with Crippen LogP contribution in [0.1, 0.15) is 24.2 Å². The van der Waals surface area contributed by atoms with Crippen molar-refractivity contribution >= 4 is 37.7 Å². The topological polar surface area (TPSA) is 71.8 Å². The molecule has 1 aromatic carbocycles. The summed E-state index contributed by atoms with van der Waals surface area (Å²) in [5.41, 5.74) is 0.675. The van der Waals surface area contributed by atoms with Gasteiger partial charge in [-0.25, -0.2) is 0 Å². The van der Waals surface area contributed by atoms with E-state index in [0.29, 0.717) is 11.4 Å². The van der Waals surface area contributed by atoms with Gasteiger partial charge in [0.2, 0.25) is 0 Å². The summed E-state index contributed by atoms with van der Waals surface area (Å²) in [6, 6.07) is 7.28. The fraction of sp³-hybridized carbons (Fsp3) is 0.214. The fourth-order valence-electron chi connectivity index (χ4n) is 2.11. The Labute approximate surface area is 128 Å². The number of aromatic amines is 1. The number of aromatic nitrogens is 2. The number of rotatable bonds is 3. The van der Waals surface area contributed by atoms with Crippen molar-refractivity contribution in [3.63, 3.8) is 0 Å². The van der Waals surface area contributed by atoms with E-state index in [9.17, 15) is 10.0 Å². The number of hydrogen-bond acceptors (Lipinski definition) is 3. The maximum atomic E-state index is 12.9. The summed E-state index contributed by atoms with van der Waals surface area (Å²) in [6.07, 6.45) is 4.65. The molecule has 1 N–H and O–H groups in total. The van der Waals surface area contributed by atoms with E-state index in [1.165, 1.54) is 12.7 Å². The first-order valence-corrected chi connectivity index (χ1v) is 8.20. The van der Waals surface area contributed by atoms with Gasteiger partial charge < -0.3 is 0 Å². The Bertz CT molecular complexity index is 712. The quantitative estimate of drug-likeness (QED) is 0.222.